The van der Waals surface area contributed by atoms with E-state index in [4.69, 9.17) is 10.3 Å². The van der Waals surface area contributed by atoms with Crippen molar-refractivity contribution in [2.45, 2.75) is 26.5 Å². The third-order valence-electron chi connectivity index (χ3n) is 6.06. The smallest absolute Gasteiger partial charge is 0.297 e. The molecule has 0 heterocycles. The summed E-state index contributed by atoms with van der Waals surface area (Å²) in [6, 6.07) is 4.52. The van der Waals surface area contributed by atoms with Crippen LogP contribution in [0.3, 0.4) is 0 Å². The molecule has 0 bridgehead atoms. The van der Waals surface area contributed by atoms with Gasteiger partial charge in [0.25, 0.3) is 40.5 Å². The Morgan fingerprint density at radius 3 is 1.62 bits per heavy atom. The van der Waals surface area contributed by atoms with Crippen molar-refractivity contribution in [3.63, 3.8) is 0 Å². The van der Waals surface area contributed by atoms with E-state index in [1.165, 1.54) is 13.0 Å². The van der Waals surface area contributed by atoms with Crippen LogP contribution in [0.1, 0.15) is 5.56 Å². The molecular formula is C23H17F2N5O13S4. The lowest BCUT2D eigenvalue weighted by molar-refractivity contribution is 0.469. The summed E-state index contributed by atoms with van der Waals surface area (Å²) < 4.78 is 162. The molecule has 24 heteroatoms. The molecule has 0 aliphatic heterocycles. The third kappa shape index (κ3) is 7.23. The highest BCUT2D eigenvalue weighted by molar-refractivity contribution is 7.86. The first-order chi connectivity index (χ1) is 21.4. The first-order valence-electron chi connectivity index (χ1n) is 11.9. The van der Waals surface area contributed by atoms with Crippen molar-refractivity contribution in [2.24, 2.45) is 20.5 Å². The number of benzene rings is 4. The molecule has 0 aliphatic carbocycles. The highest BCUT2D eigenvalue weighted by Crippen LogP contribution is 2.48. The molecule has 4 aromatic carbocycles. The van der Waals surface area contributed by atoms with Crippen molar-refractivity contribution >= 4 is 79.7 Å². The van der Waals surface area contributed by atoms with E-state index in [0.717, 1.165) is 12.1 Å². The molecule has 7 N–H and O–H groups in total. The first-order valence-corrected chi connectivity index (χ1v) is 17.6. The number of fused-ring (bicyclic) bond motifs is 1. The summed E-state index contributed by atoms with van der Waals surface area (Å²) in [7, 11) is -20.9. The van der Waals surface area contributed by atoms with Crippen LogP contribution in [-0.4, -0.2) is 57.0 Å². The minimum absolute atomic E-state index is 0.0218. The normalized spacial score (nSPS) is 13.3. The summed E-state index contributed by atoms with van der Waals surface area (Å²) in [6.07, 6.45) is 0. The zero-order chi connectivity index (χ0) is 35.4. The van der Waals surface area contributed by atoms with Gasteiger partial charge in [-0.15, -0.1) is 20.5 Å². The molecule has 0 atom stereocenters. The number of nitrogens with two attached hydrogens (primary N) is 1. The second kappa shape index (κ2) is 11.9. The topological polar surface area (TPSA) is 313 Å². The number of azo groups is 2. The van der Waals surface area contributed by atoms with E-state index in [2.05, 4.69) is 20.5 Å². The van der Waals surface area contributed by atoms with Crippen molar-refractivity contribution in [3.8, 4) is 5.75 Å². The number of hydrogen-bond acceptors (Lipinski definition) is 14. The Kier molecular flexibility index (Phi) is 8.94. The van der Waals surface area contributed by atoms with E-state index in [1.54, 1.807) is 0 Å². The number of hydrogen-bond donors (Lipinski definition) is 6. The molecule has 250 valence electrons. The zero-order valence-corrected chi connectivity index (χ0v) is 26.1. The van der Waals surface area contributed by atoms with Gasteiger partial charge in [0.2, 0.25) is 0 Å². The Hall–Kier alpha value is -4.56. The summed E-state index contributed by atoms with van der Waals surface area (Å²) in [4.78, 5) is -4.75. The van der Waals surface area contributed by atoms with Gasteiger partial charge in [-0.05, 0) is 42.1 Å². The number of phenolic OH excluding ortho intramolecular Hbond substituents is 1. The van der Waals surface area contributed by atoms with E-state index in [-0.39, 0.29) is 12.1 Å². The van der Waals surface area contributed by atoms with Crippen LogP contribution in [0.15, 0.2) is 82.5 Å². The van der Waals surface area contributed by atoms with Crippen LogP contribution < -0.4 is 5.73 Å². The predicted molar refractivity (Wildman–Crippen MR) is 155 cm³/mol. The predicted octanol–water partition coefficient (Wildman–Crippen LogP) is 4.53. The fraction of sp³-hybridized carbons (Fsp3) is 0.0435. The summed E-state index contributed by atoms with van der Waals surface area (Å²) in [5.74, 6) is -4.57. The maximum absolute atomic E-state index is 14.5. The standard InChI is InChI=1S/C23H17F2N5O13S4/c1-9-2-3-13(16(4-9)45(35,36)37)27-30-22-18(47(41,42)43)6-10-5-17(46(38,39)40)21(20(26)19(10)23(22)31)29-28-14-7-12(25)15(8-11(14)24)44(32,33)34/h2-8,31H,26H2,1H3,(H,32,33,34)(H,35,36,37)(H,38,39,40)(H,41,42,43). The van der Waals surface area contributed by atoms with Gasteiger partial charge in [0.1, 0.15) is 48.1 Å². The molecule has 18 nitrogen and oxygen atoms in total. The molecule has 0 aromatic heterocycles. The average Bonchev–Trinajstić information content (AvgIpc) is 2.91. The highest BCUT2D eigenvalue weighted by atomic mass is 32.2. The number of aryl methyl sites for hydroxylation is 1. The Balaban J connectivity index is 2.04. The van der Waals surface area contributed by atoms with Gasteiger partial charge in [-0.25, -0.2) is 8.78 Å². The van der Waals surface area contributed by atoms with Gasteiger partial charge in [0.15, 0.2) is 11.6 Å². The number of rotatable bonds is 8. The first kappa shape index (κ1) is 35.3. The van der Waals surface area contributed by atoms with Crippen molar-refractivity contribution in [1.82, 2.24) is 0 Å². The zero-order valence-electron chi connectivity index (χ0n) is 22.8. The lowest BCUT2D eigenvalue weighted by Crippen LogP contribution is -2.04. The summed E-state index contributed by atoms with van der Waals surface area (Å²) in [5, 5.41) is 23.5. The van der Waals surface area contributed by atoms with E-state index in [1.807, 2.05) is 0 Å². The SMILES string of the molecule is Cc1ccc(N=Nc2c(S(=O)(=O)O)cc3cc(S(=O)(=O)O)c(N=Nc4cc(F)c(S(=O)(=O)O)cc4F)c(N)c3c2O)c(S(=O)(=O)O)c1. The molecule has 0 radical (unpaired) electrons. The van der Waals surface area contributed by atoms with Crippen LogP contribution in [0.5, 0.6) is 5.75 Å². The number of aromatic hydroxyl groups is 1. The third-order valence-corrected chi connectivity index (χ3v) is 9.54. The van der Waals surface area contributed by atoms with Crippen LogP contribution in [0.2, 0.25) is 0 Å². The maximum Gasteiger partial charge on any atom is 0.297 e. The fourth-order valence-electron chi connectivity index (χ4n) is 4.01. The summed E-state index contributed by atoms with van der Waals surface area (Å²) >= 11 is 0. The monoisotopic (exact) mass is 737 g/mol. The molecule has 0 aliphatic rings. The minimum atomic E-state index is -5.37. The molecule has 0 unspecified atom stereocenters. The molecule has 47 heavy (non-hydrogen) atoms. The Morgan fingerprint density at radius 2 is 1.09 bits per heavy atom. The Morgan fingerprint density at radius 1 is 0.596 bits per heavy atom. The number of halogens is 2. The minimum Gasteiger partial charge on any atom is -0.505 e. The largest absolute Gasteiger partial charge is 0.505 e. The summed E-state index contributed by atoms with van der Waals surface area (Å²) in [6.45, 7) is 1.46. The van der Waals surface area contributed by atoms with Gasteiger partial charge in [-0.2, -0.15) is 33.7 Å². The Bertz CT molecular complexity index is 2520. The van der Waals surface area contributed by atoms with Gasteiger partial charge in [-0.1, -0.05) is 6.07 Å². The molecule has 0 saturated carbocycles. The van der Waals surface area contributed by atoms with Crippen LogP contribution in [0, 0.1) is 18.6 Å². The van der Waals surface area contributed by atoms with Crippen LogP contribution in [0.25, 0.3) is 10.8 Å². The van der Waals surface area contributed by atoms with Crippen molar-refractivity contribution in [2.75, 3.05) is 5.73 Å². The van der Waals surface area contributed by atoms with E-state index in [9.17, 15) is 61.2 Å². The van der Waals surface area contributed by atoms with Gasteiger partial charge in [-0.3, -0.25) is 18.2 Å². The number of nitrogen functional groups attached to an aromatic ring is 1. The van der Waals surface area contributed by atoms with Crippen LogP contribution in [0.4, 0.5) is 37.2 Å². The maximum atomic E-state index is 14.5. The molecule has 0 saturated heterocycles. The summed E-state index contributed by atoms with van der Waals surface area (Å²) in [5.41, 5.74) is 1.58. The fourth-order valence-corrected chi connectivity index (χ4v) is 6.61. The van der Waals surface area contributed by atoms with Crippen molar-refractivity contribution in [3.05, 3.63) is 59.7 Å². The van der Waals surface area contributed by atoms with Gasteiger partial charge >= 0.3 is 0 Å². The second-order valence-electron chi connectivity index (χ2n) is 9.31. The van der Waals surface area contributed by atoms with Crippen molar-refractivity contribution < 1.29 is 65.8 Å². The quantitative estimate of drug-likeness (QED) is 0.0822. The molecular weight excluding hydrogens is 721 g/mol. The highest BCUT2D eigenvalue weighted by Gasteiger charge is 2.28. The molecule has 0 fully saturated rings. The van der Waals surface area contributed by atoms with Gasteiger partial charge < -0.3 is 10.8 Å². The van der Waals surface area contributed by atoms with Gasteiger partial charge in [0, 0.05) is 12.1 Å². The molecule has 0 spiro atoms. The second-order valence-corrected chi connectivity index (χ2v) is 14.9. The van der Waals surface area contributed by atoms with Gasteiger partial charge in [0.05, 0.1) is 11.1 Å². The molecule has 4 rings (SSSR count). The van der Waals surface area contributed by atoms with E-state index >= 15 is 0 Å². The average molecular weight is 738 g/mol. The molecule has 0 amide bonds. The molecule has 4 aromatic rings. The number of nitrogens with zero attached hydrogens (tertiary/aromatic N) is 4. The van der Waals surface area contributed by atoms with Crippen molar-refractivity contribution in [1.29, 1.82) is 0 Å². The number of phenols is 1. The number of anilines is 1. The van der Waals surface area contributed by atoms with Crippen LogP contribution >= 0.6 is 0 Å². The van der Waals surface area contributed by atoms with E-state index < -0.39 is 117 Å². The van der Waals surface area contributed by atoms with E-state index in [0.29, 0.717) is 17.7 Å². The van der Waals surface area contributed by atoms with Crippen LogP contribution in [-0.2, 0) is 40.5 Å². The lowest BCUT2D eigenvalue weighted by atomic mass is 10.1. The Labute approximate surface area is 262 Å². The lowest BCUT2D eigenvalue weighted by Gasteiger charge is -2.14.